The molecule has 146 valence electrons. The Labute approximate surface area is 158 Å². The molecule has 1 aliphatic rings. The Morgan fingerprint density at radius 2 is 2.04 bits per heavy atom. The molecule has 0 radical (unpaired) electrons. The molecule has 2 aromatic heterocycles. The van der Waals surface area contributed by atoms with Crippen LogP contribution in [0, 0.1) is 5.41 Å². The van der Waals surface area contributed by atoms with Crippen LogP contribution < -0.4 is 10.6 Å². The Morgan fingerprint density at radius 3 is 2.67 bits per heavy atom. The molecule has 1 amide bonds. The molecule has 0 bridgehead atoms. The molecule has 2 heterocycles. The van der Waals surface area contributed by atoms with Gasteiger partial charge < -0.3 is 20.7 Å². The Balaban J connectivity index is 1.79. The van der Waals surface area contributed by atoms with E-state index in [9.17, 15) is 14.7 Å². The molecule has 4 N–H and O–H groups in total. The van der Waals surface area contributed by atoms with Gasteiger partial charge in [-0.3, -0.25) is 4.79 Å². The van der Waals surface area contributed by atoms with Crippen LogP contribution in [-0.2, 0) is 11.3 Å². The minimum Gasteiger partial charge on any atom is -0.478 e. The van der Waals surface area contributed by atoms with Crippen molar-refractivity contribution in [1.82, 2.24) is 20.6 Å². The van der Waals surface area contributed by atoms with E-state index in [0.29, 0.717) is 17.6 Å². The number of nitrogens with one attached hydrogen (secondary N) is 3. The van der Waals surface area contributed by atoms with Gasteiger partial charge in [-0.25, -0.2) is 9.78 Å². The average molecular weight is 372 g/mol. The van der Waals surface area contributed by atoms with E-state index < -0.39 is 5.97 Å². The van der Waals surface area contributed by atoms with Crippen LogP contribution in [-0.4, -0.2) is 39.0 Å². The lowest BCUT2D eigenvalue weighted by atomic mass is 9.85. The van der Waals surface area contributed by atoms with Crippen molar-refractivity contribution >= 4 is 22.9 Å². The fourth-order valence-corrected chi connectivity index (χ4v) is 3.80. The summed E-state index contributed by atoms with van der Waals surface area (Å²) in [5, 5.41) is 16.5. The van der Waals surface area contributed by atoms with E-state index in [2.05, 4.69) is 20.6 Å². The summed E-state index contributed by atoms with van der Waals surface area (Å²) in [4.78, 5) is 31.5. The van der Waals surface area contributed by atoms with Crippen LogP contribution in [0.5, 0.6) is 0 Å². The Kier molecular flexibility index (Phi) is 5.51. The van der Waals surface area contributed by atoms with Gasteiger partial charge in [-0.15, -0.1) is 0 Å². The standard InChI is InChI=1S/C20H28N4O3/c1-20(2,3)16(18(25)24-13-6-4-5-7-13)22-10-12-8-9-21-17-15(12)14(11-23-17)19(26)27/h8-9,11,13,16,22H,4-7,10H2,1-3H3,(H,21,23)(H,24,25)(H,26,27)/t16-/m0/s1. The van der Waals surface area contributed by atoms with E-state index in [-0.39, 0.29) is 29.0 Å². The first-order valence-corrected chi connectivity index (χ1v) is 9.49. The van der Waals surface area contributed by atoms with Crippen LogP contribution in [0.4, 0.5) is 0 Å². The average Bonchev–Trinajstić information content (AvgIpc) is 3.23. The quantitative estimate of drug-likeness (QED) is 0.624. The highest BCUT2D eigenvalue weighted by atomic mass is 16.4. The second kappa shape index (κ2) is 7.68. The first-order chi connectivity index (χ1) is 12.8. The van der Waals surface area contributed by atoms with E-state index in [1.807, 2.05) is 20.8 Å². The van der Waals surface area contributed by atoms with E-state index >= 15 is 0 Å². The van der Waals surface area contributed by atoms with E-state index in [0.717, 1.165) is 18.4 Å². The number of hydrogen-bond acceptors (Lipinski definition) is 4. The van der Waals surface area contributed by atoms with Gasteiger partial charge in [0, 0.05) is 30.4 Å². The van der Waals surface area contributed by atoms with Gasteiger partial charge in [-0.05, 0) is 29.9 Å². The van der Waals surface area contributed by atoms with Crippen LogP contribution in [0.1, 0.15) is 62.4 Å². The van der Waals surface area contributed by atoms with Crippen molar-refractivity contribution in [1.29, 1.82) is 0 Å². The number of amides is 1. The van der Waals surface area contributed by atoms with Gasteiger partial charge in [-0.1, -0.05) is 33.6 Å². The summed E-state index contributed by atoms with van der Waals surface area (Å²) in [7, 11) is 0. The van der Waals surface area contributed by atoms with E-state index in [1.54, 1.807) is 12.3 Å². The van der Waals surface area contributed by atoms with Crippen LogP contribution in [0.2, 0.25) is 0 Å². The van der Waals surface area contributed by atoms with Gasteiger partial charge in [0.15, 0.2) is 0 Å². The number of rotatable bonds is 6. The Hall–Kier alpha value is -2.41. The largest absolute Gasteiger partial charge is 0.478 e. The third-order valence-corrected chi connectivity index (χ3v) is 5.22. The molecular weight excluding hydrogens is 344 g/mol. The number of nitrogens with zero attached hydrogens (tertiary/aromatic N) is 1. The van der Waals surface area contributed by atoms with Crippen LogP contribution in [0.15, 0.2) is 18.5 Å². The lowest BCUT2D eigenvalue weighted by Crippen LogP contribution is -2.53. The molecule has 1 fully saturated rings. The summed E-state index contributed by atoms with van der Waals surface area (Å²) in [6.45, 7) is 6.47. The molecule has 1 saturated carbocycles. The molecule has 7 heteroatoms. The number of fused-ring (bicyclic) bond motifs is 1. The monoisotopic (exact) mass is 372 g/mol. The minimum atomic E-state index is -0.998. The van der Waals surface area contributed by atoms with Gasteiger partial charge >= 0.3 is 5.97 Å². The second-order valence-corrected chi connectivity index (χ2v) is 8.37. The zero-order valence-corrected chi connectivity index (χ0v) is 16.1. The van der Waals surface area contributed by atoms with Crippen molar-refractivity contribution in [3.63, 3.8) is 0 Å². The highest BCUT2D eigenvalue weighted by Gasteiger charge is 2.32. The number of hydrogen-bond donors (Lipinski definition) is 4. The van der Waals surface area contributed by atoms with Gasteiger partial charge in [0.2, 0.25) is 5.91 Å². The molecule has 3 rings (SSSR count). The van der Waals surface area contributed by atoms with Crippen molar-refractivity contribution in [3.05, 3.63) is 29.6 Å². The number of aromatic nitrogens is 2. The van der Waals surface area contributed by atoms with Crippen LogP contribution >= 0.6 is 0 Å². The summed E-state index contributed by atoms with van der Waals surface area (Å²) in [5.41, 5.74) is 1.26. The van der Waals surface area contributed by atoms with Gasteiger partial charge in [0.25, 0.3) is 0 Å². The van der Waals surface area contributed by atoms with Crippen molar-refractivity contribution in [2.45, 2.75) is 65.1 Å². The molecule has 2 aromatic rings. The Morgan fingerprint density at radius 1 is 1.33 bits per heavy atom. The minimum absolute atomic E-state index is 0.00669. The molecule has 0 unspecified atom stereocenters. The molecule has 0 spiro atoms. The van der Waals surface area contributed by atoms with Gasteiger partial charge in [0.1, 0.15) is 5.65 Å². The molecule has 1 aliphatic carbocycles. The van der Waals surface area contributed by atoms with E-state index in [1.165, 1.54) is 19.0 Å². The smallest absolute Gasteiger partial charge is 0.337 e. The number of carbonyl (C=O) groups is 2. The van der Waals surface area contributed by atoms with Crippen LogP contribution in [0.3, 0.4) is 0 Å². The highest BCUT2D eigenvalue weighted by Crippen LogP contribution is 2.25. The van der Waals surface area contributed by atoms with Crippen molar-refractivity contribution in [3.8, 4) is 0 Å². The van der Waals surface area contributed by atoms with E-state index in [4.69, 9.17) is 0 Å². The number of aromatic carboxylic acids is 1. The number of pyridine rings is 1. The maximum atomic E-state index is 12.9. The number of carboxylic acid groups (broad SMARTS) is 1. The molecule has 1 atom stereocenters. The van der Waals surface area contributed by atoms with Gasteiger partial charge in [0.05, 0.1) is 11.6 Å². The summed E-state index contributed by atoms with van der Waals surface area (Å²) in [6.07, 6.45) is 7.51. The maximum Gasteiger partial charge on any atom is 0.337 e. The topological polar surface area (TPSA) is 107 Å². The number of aromatic amines is 1. The number of carbonyl (C=O) groups excluding carboxylic acids is 1. The van der Waals surface area contributed by atoms with Gasteiger partial charge in [-0.2, -0.15) is 0 Å². The molecule has 0 saturated heterocycles. The summed E-state index contributed by atoms with van der Waals surface area (Å²) in [6, 6.07) is 1.68. The predicted molar refractivity (Wildman–Crippen MR) is 104 cm³/mol. The summed E-state index contributed by atoms with van der Waals surface area (Å²) in [5.74, 6) is -0.992. The Bertz CT molecular complexity index is 831. The lowest BCUT2D eigenvalue weighted by molar-refractivity contribution is -0.126. The molecule has 0 aromatic carbocycles. The second-order valence-electron chi connectivity index (χ2n) is 8.37. The zero-order chi connectivity index (χ0) is 19.6. The fourth-order valence-electron chi connectivity index (χ4n) is 3.80. The van der Waals surface area contributed by atoms with Crippen molar-refractivity contribution in [2.24, 2.45) is 5.41 Å². The lowest BCUT2D eigenvalue weighted by Gasteiger charge is -2.31. The SMILES string of the molecule is CC(C)(C)[C@@H](NCc1ccnc2[nH]cc(C(=O)O)c12)C(=O)NC1CCCC1. The first kappa shape index (κ1) is 19.4. The predicted octanol–water partition coefficient (Wildman–Crippen LogP) is 2.82. The summed E-state index contributed by atoms with van der Waals surface area (Å²) >= 11 is 0. The maximum absolute atomic E-state index is 12.9. The number of carboxylic acids is 1. The molecule has 7 nitrogen and oxygen atoms in total. The normalized spacial score (nSPS) is 16.6. The van der Waals surface area contributed by atoms with Crippen molar-refractivity contribution in [2.75, 3.05) is 0 Å². The molecule has 27 heavy (non-hydrogen) atoms. The van der Waals surface area contributed by atoms with Crippen molar-refractivity contribution < 1.29 is 14.7 Å². The highest BCUT2D eigenvalue weighted by molar-refractivity contribution is 6.03. The molecule has 0 aliphatic heterocycles. The zero-order valence-electron chi connectivity index (χ0n) is 16.1. The first-order valence-electron chi connectivity index (χ1n) is 9.49. The third kappa shape index (κ3) is 4.30. The molecular formula is C20H28N4O3. The van der Waals surface area contributed by atoms with Crippen LogP contribution in [0.25, 0.3) is 11.0 Å². The third-order valence-electron chi connectivity index (χ3n) is 5.22. The summed E-state index contributed by atoms with van der Waals surface area (Å²) < 4.78 is 0. The fraction of sp³-hybridized carbons (Fsp3) is 0.550. The number of H-pyrrole nitrogens is 1.